The van der Waals surface area contributed by atoms with Gasteiger partial charge in [0, 0.05) is 26.2 Å². The molecule has 8 nitrogen and oxygen atoms in total. The number of aliphatic hydroxyl groups is 1. The molecular formula is C21H32N2O6. The highest BCUT2D eigenvalue weighted by Crippen LogP contribution is 2.63. The van der Waals surface area contributed by atoms with Crippen LogP contribution < -0.4 is 0 Å². The lowest BCUT2D eigenvalue weighted by Crippen LogP contribution is -2.56. The van der Waals surface area contributed by atoms with Gasteiger partial charge >= 0.3 is 5.97 Å². The number of amides is 2. The molecule has 0 aromatic carbocycles. The normalized spacial score (nSPS) is 35.1. The van der Waals surface area contributed by atoms with Gasteiger partial charge in [0.25, 0.3) is 0 Å². The minimum atomic E-state index is -1.12. The molecule has 0 saturated carbocycles. The summed E-state index contributed by atoms with van der Waals surface area (Å²) in [5.74, 6) is -3.47. The standard InChI is InChI=1S/C21H32N2O6/c1-4-6-11-22(10-5-2)18(26)16-21-9-8-20(3,29-21)15(19(27)28)14(21)17(25)23(16)12-7-13-24/h5,14-16,24H,2,4,6-13H2,1,3H3,(H,27,28)/t14-,15+,16?,20-,21?/m0/s1. The molecule has 3 saturated heterocycles. The number of aliphatic hydroxyl groups excluding tert-OH is 1. The Hall–Kier alpha value is -1.93. The molecule has 0 aromatic rings. The van der Waals surface area contributed by atoms with Gasteiger partial charge in [-0.15, -0.1) is 6.58 Å². The van der Waals surface area contributed by atoms with Crippen LogP contribution >= 0.6 is 0 Å². The molecule has 0 radical (unpaired) electrons. The maximum absolute atomic E-state index is 13.7. The Morgan fingerprint density at radius 2 is 2.10 bits per heavy atom. The zero-order valence-corrected chi connectivity index (χ0v) is 17.3. The molecule has 2 bridgehead atoms. The van der Waals surface area contributed by atoms with Crippen molar-refractivity contribution in [2.75, 3.05) is 26.2 Å². The third-order valence-corrected chi connectivity index (χ3v) is 6.78. The van der Waals surface area contributed by atoms with Crippen LogP contribution in [0.25, 0.3) is 0 Å². The second-order valence-electron chi connectivity index (χ2n) is 8.60. The molecule has 3 aliphatic rings. The Kier molecular flexibility index (Phi) is 6.06. The van der Waals surface area contributed by atoms with Gasteiger partial charge in [0.15, 0.2) is 0 Å². The molecule has 3 rings (SSSR count). The third-order valence-electron chi connectivity index (χ3n) is 6.78. The lowest BCUT2D eigenvalue weighted by molar-refractivity contribution is -0.156. The number of hydrogen-bond donors (Lipinski definition) is 2. The first-order chi connectivity index (χ1) is 13.8. The van der Waals surface area contributed by atoms with E-state index in [1.807, 2.05) is 6.92 Å². The van der Waals surface area contributed by atoms with Gasteiger partial charge in [-0.1, -0.05) is 19.4 Å². The van der Waals surface area contributed by atoms with Crippen LogP contribution in [0.3, 0.4) is 0 Å². The van der Waals surface area contributed by atoms with Crippen molar-refractivity contribution in [1.82, 2.24) is 9.80 Å². The number of hydrogen-bond acceptors (Lipinski definition) is 5. The van der Waals surface area contributed by atoms with E-state index in [-0.39, 0.29) is 25.0 Å². The van der Waals surface area contributed by atoms with Crippen molar-refractivity contribution in [3.05, 3.63) is 12.7 Å². The van der Waals surface area contributed by atoms with Crippen LogP contribution in [0.4, 0.5) is 0 Å². The predicted molar refractivity (Wildman–Crippen MR) is 105 cm³/mol. The van der Waals surface area contributed by atoms with Gasteiger partial charge in [0.1, 0.15) is 11.6 Å². The zero-order chi connectivity index (χ0) is 21.4. The number of carbonyl (C=O) groups is 3. The third kappa shape index (κ3) is 3.26. The maximum Gasteiger partial charge on any atom is 0.310 e. The fourth-order valence-electron chi connectivity index (χ4n) is 5.53. The number of carboxylic acids is 1. The molecule has 2 amide bonds. The van der Waals surface area contributed by atoms with Crippen molar-refractivity contribution in [2.24, 2.45) is 11.8 Å². The van der Waals surface area contributed by atoms with E-state index in [1.165, 1.54) is 4.90 Å². The van der Waals surface area contributed by atoms with Gasteiger partial charge in [-0.05, 0) is 32.6 Å². The highest BCUT2D eigenvalue weighted by Gasteiger charge is 2.78. The largest absolute Gasteiger partial charge is 0.481 e. The number of aliphatic carboxylic acids is 1. The predicted octanol–water partition coefficient (Wildman–Crippen LogP) is 1.03. The summed E-state index contributed by atoms with van der Waals surface area (Å²) in [6.07, 6.45) is 4.70. The molecule has 29 heavy (non-hydrogen) atoms. The van der Waals surface area contributed by atoms with Crippen LogP contribution in [-0.4, -0.2) is 81.3 Å². The van der Waals surface area contributed by atoms with Crippen LogP contribution in [0, 0.1) is 11.8 Å². The second kappa shape index (κ2) is 8.07. The van der Waals surface area contributed by atoms with E-state index < -0.39 is 35.0 Å². The zero-order valence-electron chi connectivity index (χ0n) is 17.3. The molecule has 3 aliphatic heterocycles. The van der Waals surface area contributed by atoms with Gasteiger partial charge < -0.3 is 24.7 Å². The summed E-state index contributed by atoms with van der Waals surface area (Å²) in [6.45, 7) is 8.51. The van der Waals surface area contributed by atoms with Crippen LogP contribution in [0.2, 0.25) is 0 Å². The van der Waals surface area contributed by atoms with E-state index >= 15 is 0 Å². The average molecular weight is 408 g/mol. The van der Waals surface area contributed by atoms with E-state index in [2.05, 4.69) is 6.58 Å². The Labute approximate surface area is 171 Å². The molecule has 8 heteroatoms. The molecular weight excluding hydrogens is 376 g/mol. The molecule has 2 N–H and O–H groups in total. The minimum Gasteiger partial charge on any atom is -0.481 e. The van der Waals surface area contributed by atoms with Crippen molar-refractivity contribution >= 4 is 17.8 Å². The van der Waals surface area contributed by atoms with Gasteiger partial charge in [0.2, 0.25) is 11.8 Å². The van der Waals surface area contributed by atoms with Crippen molar-refractivity contribution in [1.29, 1.82) is 0 Å². The van der Waals surface area contributed by atoms with E-state index in [0.29, 0.717) is 32.4 Å². The summed E-state index contributed by atoms with van der Waals surface area (Å²) in [5, 5.41) is 19.1. The van der Waals surface area contributed by atoms with Gasteiger partial charge in [0.05, 0.1) is 17.4 Å². The number of carbonyl (C=O) groups excluding carboxylic acids is 2. The Morgan fingerprint density at radius 1 is 1.38 bits per heavy atom. The summed E-state index contributed by atoms with van der Waals surface area (Å²) < 4.78 is 6.31. The van der Waals surface area contributed by atoms with E-state index in [0.717, 1.165) is 12.8 Å². The van der Waals surface area contributed by atoms with E-state index in [4.69, 9.17) is 4.74 Å². The fourth-order valence-corrected chi connectivity index (χ4v) is 5.53. The molecule has 3 fully saturated rings. The van der Waals surface area contributed by atoms with Crippen molar-refractivity contribution in [3.63, 3.8) is 0 Å². The Morgan fingerprint density at radius 3 is 2.69 bits per heavy atom. The SMILES string of the molecule is C=CCN(CCCC)C(=O)C1N(CCCO)C(=O)[C@@H]2[C@H](C(=O)O)[C@]3(C)CCC12O3. The molecule has 0 aromatic heterocycles. The minimum absolute atomic E-state index is 0.116. The number of rotatable bonds is 10. The second-order valence-corrected chi connectivity index (χ2v) is 8.60. The quantitative estimate of drug-likeness (QED) is 0.523. The molecule has 3 heterocycles. The van der Waals surface area contributed by atoms with Gasteiger partial charge in [-0.2, -0.15) is 0 Å². The number of unbranched alkanes of at least 4 members (excludes halogenated alkanes) is 1. The Bertz CT molecular complexity index is 697. The van der Waals surface area contributed by atoms with Crippen molar-refractivity contribution < 1.29 is 29.3 Å². The van der Waals surface area contributed by atoms with Crippen LogP contribution in [0.1, 0.15) is 46.0 Å². The summed E-state index contributed by atoms with van der Waals surface area (Å²) in [6, 6.07) is -0.866. The number of fused-ring (bicyclic) bond motifs is 1. The molecule has 5 atom stereocenters. The summed E-state index contributed by atoms with van der Waals surface area (Å²) in [5.41, 5.74) is -2.06. The first-order valence-electron chi connectivity index (χ1n) is 10.5. The molecule has 0 aliphatic carbocycles. The first-order valence-corrected chi connectivity index (χ1v) is 10.5. The smallest absolute Gasteiger partial charge is 0.310 e. The summed E-state index contributed by atoms with van der Waals surface area (Å²) >= 11 is 0. The van der Waals surface area contributed by atoms with Crippen LogP contribution in [0.15, 0.2) is 12.7 Å². The van der Waals surface area contributed by atoms with E-state index in [1.54, 1.807) is 17.9 Å². The first kappa shape index (κ1) is 21.8. The topological polar surface area (TPSA) is 107 Å². The fraction of sp³-hybridized carbons (Fsp3) is 0.762. The average Bonchev–Trinajstić information content (AvgIpc) is 3.24. The monoisotopic (exact) mass is 408 g/mol. The molecule has 1 spiro atoms. The van der Waals surface area contributed by atoms with Gasteiger partial charge in [-0.3, -0.25) is 14.4 Å². The Balaban J connectivity index is 2.02. The highest BCUT2D eigenvalue weighted by molar-refractivity contribution is 5.98. The summed E-state index contributed by atoms with van der Waals surface area (Å²) in [4.78, 5) is 42.2. The lowest BCUT2D eigenvalue weighted by Gasteiger charge is -2.36. The maximum atomic E-state index is 13.7. The van der Waals surface area contributed by atoms with E-state index in [9.17, 15) is 24.6 Å². The molecule has 162 valence electrons. The molecule has 2 unspecified atom stereocenters. The number of ether oxygens (including phenoxy) is 1. The highest BCUT2D eigenvalue weighted by atomic mass is 16.5. The van der Waals surface area contributed by atoms with Crippen molar-refractivity contribution in [3.8, 4) is 0 Å². The van der Waals surface area contributed by atoms with Gasteiger partial charge in [-0.25, -0.2) is 0 Å². The number of carboxylic acid groups (broad SMARTS) is 1. The van der Waals surface area contributed by atoms with Crippen molar-refractivity contribution in [2.45, 2.75) is 63.2 Å². The number of likely N-dealkylation sites (tertiary alicyclic amines) is 1. The van der Waals surface area contributed by atoms with Crippen LogP contribution in [-0.2, 0) is 19.1 Å². The van der Waals surface area contributed by atoms with Crippen LogP contribution in [0.5, 0.6) is 0 Å². The number of nitrogens with zero attached hydrogens (tertiary/aromatic N) is 2. The summed E-state index contributed by atoms with van der Waals surface area (Å²) in [7, 11) is 0. The lowest BCUT2D eigenvalue weighted by atomic mass is 9.66.